The molecule has 1 unspecified atom stereocenters. The predicted octanol–water partition coefficient (Wildman–Crippen LogP) is 3.08. The van der Waals surface area contributed by atoms with Crippen molar-refractivity contribution in [2.75, 3.05) is 18.0 Å². The lowest BCUT2D eigenvalue weighted by Gasteiger charge is -2.34. The Bertz CT molecular complexity index is 585. The number of rotatable bonds is 3. The zero-order valence-corrected chi connectivity index (χ0v) is 12.4. The van der Waals surface area contributed by atoms with E-state index >= 15 is 0 Å². The fourth-order valence-electron chi connectivity index (χ4n) is 2.85. The molecular formula is C16H18ClN3O. The lowest BCUT2D eigenvalue weighted by Crippen LogP contribution is -2.36. The van der Waals surface area contributed by atoms with Gasteiger partial charge in [-0.2, -0.15) is 0 Å². The molecule has 1 fully saturated rings. The van der Waals surface area contributed by atoms with Crippen LogP contribution in [0.15, 0.2) is 42.7 Å². The van der Waals surface area contributed by atoms with Gasteiger partial charge >= 0.3 is 0 Å². The van der Waals surface area contributed by atoms with Crippen molar-refractivity contribution in [2.24, 2.45) is 5.92 Å². The van der Waals surface area contributed by atoms with Crippen LogP contribution in [0.5, 0.6) is 0 Å². The van der Waals surface area contributed by atoms with Crippen LogP contribution in [0.3, 0.4) is 0 Å². The number of halogens is 1. The van der Waals surface area contributed by atoms with Gasteiger partial charge in [-0.1, -0.05) is 41.9 Å². The van der Waals surface area contributed by atoms with Crippen LogP contribution in [-0.4, -0.2) is 28.2 Å². The monoisotopic (exact) mass is 303 g/mol. The first-order valence-corrected chi connectivity index (χ1v) is 7.57. The molecule has 2 aromatic rings. The van der Waals surface area contributed by atoms with E-state index in [1.165, 1.54) is 6.20 Å². The van der Waals surface area contributed by atoms with Gasteiger partial charge in [0.25, 0.3) is 0 Å². The highest BCUT2D eigenvalue weighted by Gasteiger charge is 2.26. The fraction of sp³-hybridized carbons (Fsp3) is 0.375. The molecule has 1 atom stereocenters. The maximum atomic E-state index is 10.5. The van der Waals surface area contributed by atoms with E-state index in [4.69, 9.17) is 11.6 Å². The third kappa shape index (κ3) is 3.34. The lowest BCUT2D eigenvalue weighted by molar-refractivity contribution is 0.0929. The Morgan fingerprint density at radius 3 is 2.52 bits per heavy atom. The van der Waals surface area contributed by atoms with E-state index in [0.717, 1.165) is 37.3 Å². The standard InChI is InChI=1S/C16H18ClN3O/c17-14-10-18-11-15(19-14)20-8-6-13(7-9-20)16(21)12-4-2-1-3-5-12/h1-5,10-11,13,16,21H,6-9H2. The summed E-state index contributed by atoms with van der Waals surface area (Å²) in [5, 5.41) is 10.9. The average Bonchev–Trinajstić information content (AvgIpc) is 2.55. The van der Waals surface area contributed by atoms with Crippen LogP contribution in [0.1, 0.15) is 24.5 Å². The van der Waals surface area contributed by atoms with E-state index in [-0.39, 0.29) is 5.92 Å². The molecule has 2 heterocycles. The summed E-state index contributed by atoms with van der Waals surface area (Å²) >= 11 is 5.88. The number of hydrogen-bond acceptors (Lipinski definition) is 4. The van der Waals surface area contributed by atoms with Crippen molar-refractivity contribution in [3.8, 4) is 0 Å². The molecule has 110 valence electrons. The molecule has 1 N–H and O–H groups in total. The molecule has 0 spiro atoms. The van der Waals surface area contributed by atoms with Gasteiger partial charge in [0.2, 0.25) is 0 Å². The second kappa shape index (κ2) is 6.41. The average molecular weight is 304 g/mol. The van der Waals surface area contributed by atoms with Crippen LogP contribution in [0.2, 0.25) is 5.15 Å². The molecule has 1 saturated heterocycles. The van der Waals surface area contributed by atoms with Crippen molar-refractivity contribution in [2.45, 2.75) is 18.9 Å². The highest BCUT2D eigenvalue weighted by atomic mass is 35.5. The third-order valence-corrected chi connectivity index (χ3v) is 4.23. The fourth-order valence-corrected chi connectivity index (χ4v) is 2.99. The highest BCUT2D eigenvalue weighted by Crippen LogP contribution is 2.31. The van der Waals surface area contributed by atoms with Gasteiger partial charge < -0.3 is 10.0 Å². The smallest absolute Gasteiger partial charge is 0.149 e. The first-order chi connectivity index (χ1) is 10.2. The molecule has 4 nitrogen and oxygen atoms in total. The third-order valence-electron chi connectivity index (χ3n) is 4.04. The molecule has 0 bridgehead atoms. The minimum absolute atomic E-state index is 0.288. The summed E-state index contributed by atoms with van der Waals surface area (Å²) in [7, 11) is 0. The van der Waals surface area contributed by atoms with E-state index < -0.39 is 6.10 Å². The maximum Gasteiger partial charge on any atom is 0.149 e. The molecule has 1 aromatic carbocycles. The summed E-state index contributed by atoms with van der Waals surface area (Å²) in [4.78, 5) is 10.5. The largest absolute Gasteiger partial charge is 0.388 e. The first kappa shape index (κ1) is 14.3. The van der Waals surface area contributed by atoms with E-state index in [1.54, 1.807) is 6.20 Å². The van der Waals surface area contributed by atoms with Crippen LogP contribution >= 0.6 is 11.6 Å². The van der Waals surface area contributed by atoms with E-state index in [1.807, 2.05) is 30.3 Å². The zero-order chi connectivity index (χ0) is 14.7. The minimum atomic E-state index is -0.390. The Kier molecular flexibility index (Phi) is 4.36. The summed E-state index contributed by atoms with van der Waals surface area (Å²) in [6.07, 6.45) is 4.75. The van der Waals surface area contributed by atoms with Crippen molar-refractivity contribution >= 4 is 17.4 Å². The van der Waals surface area contributed by atoms with Gasteiger partial charge in [0.05, 0.1) is 18.5 Å². The number of benzene rings is 1. The van der Waals surface area contributed by atoms with Gasteiger partial charge in [0, 0.05) is 13.1 Å². The topological polar surface area (TPSA) is 49.2 Å². The van der Waals surface area contributed by atoms with Gasteiger partial charge in [0.1, 0.15) is 11.0 Å². The minimum Gasteiger partial charge on any atom is -0.388 e. The normalized spacial score (nSPS) is 17.7. The number of piperidine rings is 1. The van der Waals surface area contributed by atoms with Gasteiger partial charge in [-0.05, 0) is 24.3 Å². The molecule has 0 saturated carbocycles. The Labute approximate surface area is 129 Å². The van der Waals surface area contributed by atoms with E-state index in [9.17, 15) is 5.11 Å². The Morgan fingerprint density at radius 2 is 1.86 bits per heavy atom. The van der Waals surface area contributed by atoms with E-state index in [0.29, 0.717) is 5.15 Å². The Hall–Kier alpha value is -1.65. The quantitative estimate of drug-likeness (QED) is 0.946. The van der Waals surface area contributed by atoms with Crippen LogP contribution in [0, 0.1) is 5.92 Å². The second-order valence-electron chi connectivity index (χ2n) is 5.38. The molecule has 5 heteroatoms. The van der Waals surface area contributed by atoms with Gasteiger partial charge in [0.15, 0.2) is 0 Å². The molecule has 0 amide bonds. The van der Waals surface area contributed by atoms with E-state index in [2.05, 4.69) is 14.9 Å². The second-order valence-corrected chi connectivity index (χ2v) is 5.77. The van der Waals surface area contributed by atoms with Crippen LogP contribution in [0.4, 0.5) is 5.82 Å². The summed E-state index contributed by atoms with van der Waals surface area (Å²) in [5.41, 5.74) is 0.999. The SMILES string of the molecule is OC(c1ccccc1)C1CCN(c2cncc(Cl)n2)CC1. The molecule has 1 aromatic heterocycles. The van der Waals surface area contributed by atoms with Crippen molar-refractivity contribution < 1.29 is 5.11 Å². The van der Waals surface area contributed by atoms with Gasteiger partial charge in [-0.15, -0.1) is 0 Å². The molecule has 0 radical (unpaired) electrons. The number of aromatic nitrogens is 2. The number of aliphatic hydroxyl groups is 1. The summed E-state index contributed by atoms with van der Waals surface area (Å²) in [6.45, 7) is 1.73. The molecule has 21 heavy (non-hydrogen) atoms. The Balaban J connectivity index is 1.63. The molecular weight excluding hydrogens is 286 g/mol. The zero-order valence-electron chi connectivity index (χ0n) is 11.7. The van der Waals surface area contributed by atoms with Crippen molar-refractivity contribution in [1.82, 2.24) is 9.97 Å². The first-order valence-electron chi connectivity index (χ1n) is 7.19. The number of nitrogens with zero attached hydrogens (tertiary/aromatic N) is 3. The number of aliphatic hydroxyl groups excluding tert-OH is 1. The van der Waals surface area contributed by atoms with Crippen molar-refractivity contribution in [3.05, 3.63) is 53.4 Å². The number of hydrogen-bond donors (Lipinski definition) is 1. The number of anilines is 1. The molecule has 1 aliphatic rings. The van der Waals surface area contributed by atoms with Gasteiger partial charge in [-0.25, -0.2) is 4.98 Å². The van der Waals surface area contributed by atoms with Crippen LogP contribution in [0.25, 0.3) is 0 Å². The predicted molar refractivity (Wildman–Crippen MR) is 83.4 cm³/mol. The van der Waals surface area contributed by atoms with Crippen molar-refractivity contribution in [1.29, 1.82) is 0 Å². The molecule has 3 rings (SSSR count). The summed E-state index contributed by atoms with van der Waals surface area (Å²) in [6, 6.07) is 9.88. The Morgan fingerprint density at radius 1 is 1.14 bits per heavy atom. The maximum absolute atomic E-state index is 10.5. The van der Waals surface area contributed by atoms with Crippen LogP contribution in [-0.2, 0) is 0 Å². The molecule has 1 aliphatic heterocycles. The highest BCUT2D eigenvalue weighted by molar-refractivity contribution is 6.29. The van der Waals surface area contributed by atoms with Crippen LogP contribution < -0.4 is 4.90 Å². The molecule has 0 aliphatic carbocycles. The summed E-state index contributed by atoms with van der Waals surface area (Å²) < 4.78 is 0. The lowest BCUT2D eigenvalue weighted by atomic mass is 9.87. The summed E-state index contributed by atoms with van der Waals surface area (Å²) in [5.74, 6) is 1.10. The van der Waals surface area contributed by atoms with Gasteiger partial charge in [-0.3, -0.25) is 4.98 Å². The van der Waals surface area contributed by atoms with Crippen molar-refractivity contribution in [3.63, 3.8) is 0 Å².